The number of aromatic nitrogens is 2. The number of imide groups is 1. The van der Waals surface area contributed by atoms with Crippen LogP contribution >= 0.6 is 0 Å². The minimum Gasteiger partial charge on any atom is -0.304 e. The topological polar surface area (TPSA) is 105 Å². The predicted octanol–water partition coefficient (Wildman–Crippen LogP) is 1.93. The van der Waals surface area contributed by atoms with Crippen molar-refractivity contribution in [2.75, 3.05) is 10.2 Å². The van der Waals surface area contributed by atoms with Gasteiger partial charge in [0.15, 0.2) is 0 Å². The van der Waals surface area contributed by atoms with Crippen molar-refractivity contribution in [3.8, 4) is 0 Å². The molecule has 26 heavy (non-hydrogen) atoms. The number of carbonyl (C=O) groups excluding carboxylic acids is 3. The number of fused-ring (bicyclic) bond motifs is 1. The lowest BCUT2D eigenvalue weighted by atomic mass is 9.81. The maximum atomic E-state index is 12.7. The van der Waals surface area contributed by atoms with Crippen LogP contribution in [0.15, 0.2) is 35.0 Å². The molecule has 2 atom stereocenters. The average molecular weight is 354 g/mol. The van der Waals surface area contributed by atoms with E-state index in [2.05, 4.69) is 15.6 Å². The molecular weight excluding hydrogens is 336 g/mol. The lowest BCUT2D eigenvalue weighted by Crippen LogP contribution is -2.32. The molecule has 2 unspecified atom stereocenters. The minimum absolute atomic E-state index is 0.00808. The van der Waals surface area contributed by atoms with Gasteiger partial charge in [0.1, 0.15) is 0 Å². The molecule has 1 saturated heterocycles. The van der Waals surface area contributed by atoms with Crippen molar-refractivity contribution >= 4 is 29.4 Å². The molecule has 8 nitrogen and oxygen atoms in total. The van der Waals surface area contributed by atoms with Gasteiger partial charge >= 0.3 is 0 Å². The van der Waals surface area contributed by atoms with Crippen LogP contribution in [0, 0.1) is 11.8 Å². The molecule has 1 saturated carbocycles. The molecule has 1 aromatic heterocycles. The van der Waals surface area contributed by atoms with E-state index in [1.807, 2.05) is 30.3 Å². The maximum Gasteiger partial charge on any atom is 0.239 e. The summed E-state index contributed by atoms with van der Waals surface area (Å²) in [5.41, 5.74) is 0.836. The Bertz CT molecular complexity index is 824. The van der Waals surface area contributed by atoms with Gasteiger partial charge in [-0.25, -0.2) is 9.53 Å². The Morgan fingerprint density at radius 3 is 2.38 bits per heavy atom. The van der Waals surface area contributed by atoms with Gasteiger partial charge in [0.25, 0.3) is 0 Å². The number of amides is 3. The monoisotopic (exact) mass is 354 g/mol. The van der Waals surface area contributed by atoms with Crippen molar-refractivity contribution < 1.29 is 19.0 Å². The Hall–Kier alpha value is -3.03. The highest BCUT2D eigenvalue weighted by Gasteiger charge is 2.50. The summed E-state index contributed by atoms with van der Waals surface area (Å²) in [5, 5.41) is 9.95. The van der Waals surface area contributed by atoms with Gasteiger partial charge in [-0.2, -0.15) is 0 Å². The molecule has 8 heteroatoms. The second kappa shape index (κ2) is 6.70. The van der Waals surface area contributed by atoms with Crippen LogP contribution in [0.4, 0.5) is 11.6 Å². The first-order chi connectivity index (χ1) is 12.6. The Kier molecular flexibility index (Phi) is 4.24. The number of rotatable bonds is 4. The summed E-state index contributed by atoms with van der Waals surface area (Å²) in [4.78, 5) is 38.6. The van der Waals surface area contributed by atoms with Crippen LogP contribution < -0.4 is 10.2 Å². The van der Waals surface area contributed by atoms with Crippen molar-refractivity contribution in [3.63, 3.8) is 0 Å². The fourth-order valence-corrected chi connectivity index (χ4v) is 3.74. The number of benzene rings is 1. The van der Waals surface area contributed by atoms with Crippen LogP contribution in [0.5, 0.6) is 0 Å². The number of hydrogen-bond donors (Lipinski definition) is 1. The van der Waals surface area contributed by atoms with Gasteiger partial charge in [0.2, 0.25) is 29.4 Å². The lowest BCUT2D eigenvalue weighted by Gasteiger charge is -2.19. The van der Waals surface area contributed by atoms with E-state index in [4.69, 9.17) is 4.63 Å². The third kappa shape index (κ3) is 2.87. The molecule has 1 aromatic carbocycles. The second-order valence-corrected chi connectivity index (χ2v) is 6.66. The summed E-state index contributed by atoms with van der Waals surface area (Å²) >= 11 is 0. The predicted molar refractivity (Wildman–Crippen MR) is 91.0 cm³/mol. The minimum atomic E-state index is -0.329. The zero-order chi connectivity index (χ0) is 18.1. The number of carbonyl (C=O) groups is 3. The van der Waals surface area contributed by atoms with Crippen LogP contribution in [0.2, 0.25) is 0 Å². The number of nitrogens with one attached hydrogen (secondary N) is 1. The number of nitrogens with zero attached hydrogens (tertiary/aromatic N) is 3. The standard InChI is InChI=1S/C18H18N4O4/c23-14(10-11-6-2-1-3-7-11)19-15-16(21-26-20-15)22-17(24)12-8-4-5-9-13(12)18(22)25/h1-3,6-7,12-13H,4-5,8-10H2,(H,19,20,23). The van der Waals surface area contributed by atoms with Crippen LogP contribution in [-0.2, 0) is 20.8 Å². The molecule has 0 radical (unpaired) electrons. The third-order valence-corrected chi connectivity index (χ3v) is 4.99. The summed E-state index contributed by atoms with van der Waals surface area (Å²) in [6.07, 6.45) is 3.41. The van der Waals surface area contributed by atoms with E-state index in [-0.39, 0.29) is 47.6 Å². The highest BCUT2D eigenvalue weighted by atomic mass is 16.6. The molecule has 0 spiro atoms. The summed E-state index contributed by atoms with van der Waals surface area (Å²) in [7, 11) is 0. The molecule has 1 aliphatic heterocycles. The second-order valence-electron chi connectivity index (χ2n) is 6.66. The largest absolute Gasteiger partial charge is 0.304 e. The molecule has 2 aliphatic rings. The Balaban J connectivity index is 1.52. The van der Waals surface area contributed by atoms with Crippen LogP contribution in [0.1, 0.15) is 31.2 Å². The van der Waals surface area contributed by atoms with Gasteiger partial charge in [0.05, 0.1) is 18.3 Å². The van der Waals surface area contributed by atoms with Crippen molar-refractivity contribution in [1.82, 2.24) is 10.3 Å². The van der Waals surface area contributed by atoms with E-state index >= 15 is 0 Å². The molecule has 2 fully saturated rings. The van der Waals surface area contributed by atoms with Crippen LogP contribution in [0.3, 0.4) is 0 Å². The molecular formula is C18H18N4O4. The van der Waals surface area contributed by atoms with Gasteiger partial charge in [-0.1, -0.05) is 43.2 Å². The van der Waals surface area contributed by atoms with Gasteiger partial charge in [0, 0.05) is 0 Å². The molecule has 1 N–H and O–H groups in total. The lowest BCUT2D eigenvalue weighted by molar-refractivity contribution is -0.122. The van der Waals surface area contributed by atoms with E-state index < -0.39 is 0 Å². The van der Waals surface area contributed by atoms with E-state index in [0.29, 0.717) is 12.8 Å². The van der Waals surface area contributed by atoms with E-state index in [1.54, 1.807) is 0 Å². The molecule has 1 aliphatic carbocycles. The molecule has 4 rings (SSSR count). The van der Waals surface area contributed by atoms with Gasteiger partial charge in [-0.15, -0.1) is 0 Å². The molecule has 3 amide bonds. The first-order valence-corrected chi connectivity index (χ1v) is 8.69. The Morgan fingerprint density at radius 1 is 1.08 bits per heavy atom. The van der Waals surface area contributed by atoms with Gasteiger partial charge in [-0.3, -0.25) is 14.4 Å². The highest BCUT2D eigenvalue weighted by Crippen LogP contribution is 2.40. The molecule has 2 aromatic rings. The summed E-state index contributed by atoms with van der Waals surface area (Å²) in [5.74, 6) is -1.55. The number of anilines is 2. The normalized spacial score (nSPS) is 22.4. The van der Waals surface area contributed by atoms with Crippen LogP contribution in [-0.4, -0.2) is 28.0 Å². The van der Waals surface area contributed by atoms with Crippen molar-refractivity contribution in [3.05, 3.63) is 35.9 Å². The SMILES string of the molecule is O=C(Cc1ccccc1)Nc1nonc1N1C(=O)C2CCCCC2C1=O. The molecule has 134 valence electrons. The van der Waals surface area contributed by atoms with Crippen molar-refractivity contribution in [2.45, 2.75) is 32.1 Å². The fraction of sp³-hybridized carbons (Fsp3) is 0.389. The Labute approximate surface area is 149 Å². The average Bonchev–Trinajstić information content (AvgIpc) is 3.19. The van der Waals surface area contributed by atoms with Gasteiger partial charge < -0.3 is 5.32 Å². The quantitative estimate of drug-likeness (QED) is 0.841. The van der Waals surface area contributed by atoms with E-state index in [9.17, 15) is 14.4 Å². The molecule has 0 bridgehead atoms. The van der Waals surface area contributed by atoms with Crippen molar-refractivity contribution in [1.29, 1.82) is 0 Å². The molecule has 2 heterocycles. The maximum absolute atomic E-state index is 12.7. The Morgan fingerprint density at radius 2 is 1.73 bits per heavy atom. The number of hydrogen-bond acceptors (Lipinski definition) is 6. The van der Waals surface area contributed by atoms with Crippen molar-refractivity contribution in [2.24, 2.45) is 11.8 Å². The van der Waals surface area contributed by atoms with Gasteiger partial charge in [-0.05, 0) is 28.7 Å². The highest BCUT2D eigenvalue weighted by molar-refractivity contribution is 6.22. The summed E-state index contributed by atoms with van der Waals surface area (Å²) < 4.78 is 4.70. The van der Waals surface area contributed by atoms with E-state index in [1.165, 1.54) is 0 Å². The summed E-state index contributed by atoms with van der Waals surface area (Å²) in [6, 6.07) is 9.22. The van der Waals surface area contributed by atoms with Crippen LogP contribution in [0.25, 0.3) is 0 Å². The van der Waals surface area contributed by atoms with E-state index in [0.717, 1.165) is 23.3 Å². The smallest absolute Gasteiger partial charge is 0.239 e. The third-order valence-electron chi connectivity index (χ3n) is 4.99. The fourth-order valence-electron chi connectivity index (χ4n) is 3.74. The summed E-state index contributed by atoms with van der Waals surface area (Å²) in [6.45, 7) is 0. The first-order valence-electron chi connectivity index (χ1n) is 8.69. The zero-order valence-electron chi connectivity index (χ0n) is 14.1. The first kappa shape index (κ1) is 16.4. The zero-order valence-corrected chi connectivity index (χ0v) is 14.1.